The first-order chi connectivity index (χ1) is 19.4. The lowest BCUT2D eigenvalue weighted by Crippen LogP contribution is -2.49. The highest BCUT2D eigenvalue weighted by Crippen LogP contribution is 2.34. The summed E-state index contributed by atoms with van der Waals surface area (Å²) < 4.78 is 21.8. The molecule has 5 rings (SSSR count). The molecule has 40 heavy (non-hydrogen) atoms. The van der Waals surface area contributed by atoms with Crippen molar-refractivity contribution in [1.82, 2.24) is 20.5 Å². The lowest BCUT2D eigenvalue weighted by molar-refractivity contribution is 0.205. The number of rotatable bonds is 3. The molecule has 0 amide bonds. The van der Waals surface area contributed by atoms with Crippen molar-refractivity contribution in [3.05, 3.63) is 40.4 Å². The summed E-state index contributed by atoms with van der Waals surface area (Å²) in [4.78, 5) is 18.6. The van der Waals surface area contributed by atoms with E-state index in [0.717, 1.165) is 38.6 Å². The Kier molecular flexibility index (Phi) is 9.29. The zero-order chi connectivity index (χ0) is 28.1. The fourth-order valence-corrected chi connectivity index (χ4v) is 6.40. The summed E-state index contributed by atoms with van der Waals surface area (Å²) in [6, 6.07) is 3.82. The second-order valence-electron chi connectivity index (χ2n) is 11.7. The van der Waals surface area contributed by atoms with Gasteiger partial charge in [-0.2, -0.15) is 0 Å². The van der Waals surface area contributed by atoms with Crippen LogP contribution in [0.3, 0.4) is 0 Å². The number of hydrogen-bond donors (Lipinski definition) is 2. The zero-order valence-corrected chi connectivity index (χ0v) is 23.7. The van der Waals surface area contributed by atoms with Crippen LogP contribution < -0.4 is 15.6 Å². The summed E-state index contributed by atoms with van der Waals surface area (Å²) in [5.41, 5.74) is 0.435. The number of fused-ring (bicyclic) bond motifs is 4. The number of nitrogens with zero attached hydrogens (tertiary/aromatic N) is 4. The van der Waals surface area contributed by atoms with Gasteiger partial charge < -0.3 is 19.7 Å². The Morgan fingerprint density at radius 1 is 1.00 bits per heavy atom. The summed E-state index contributed by atoms with van der Waals surface area (Å²) >= 11 is 0. The lowest BCUT2D eigenvalue weighted by atomic mass is 9.91. The first-order valence-corrected chi connectivity index (χ1v) is 15.0. The van der Waals surface area contributed by atoms with Crippen molar-refractivity contribution < 1.29 is 13.9 Å². The third-order valence-corrected chi connectivity index (χ3v) is 8.78. The van der Waals surface area contributed by atoms with Crippen molar-refractivity contribution in [2.45, 2.75) is 102 Å². The fraction of sp³-hybridized carbons (Fsp3) is 0.613. The molecule has 0 unspecified atom stereocenters. The third-order valence-electron chi connectivity index (χ3n) is 8.78. The van der Waals surface area contributed by atoms with E-state index < -0.39 is 6.17 Å². The monoisotopic (exact) mass is 551 g/mol. The van der Waals surface area contributed by atoms with E-state index in [1.165, 1.54) is 57.1 Å². The standard InChI is InChI=1S/C31H42FN5O3/c1-20-15-26(38)22-17-27(39)23(18-28(22)40-20)31-34-19-29(35-36-31)37(2)25-16-21-11-9-7-5-3-4-6-8-10-14-33-24(13-12-21)30(25)32/h15,17-19,21,24-25,30,33,39H,3-14,16H2,1-2H3/t21-,24+,25-,30+/m1/s1. The molecule has 1 saturated carbocycles. The van der Waals surface area contributed by atoms with Gasteiger partial charge >= 0.3 is 0 Å². The maximum atomic E-state index is 16.2. The number of nitrogens with one attached hydrogen (secondary N) is 1. The number of halogens is 1. The summed E-state index contributed by atoms with van der Waals surface area (Å²) in [6.07, 6.45) is 14.4. The molecule has 1 saturated heterocycles. The van der Waals surface area contributed by atoms with Gasteiger partial charge in [0.2, 0.25) is 0 Å². The van der Waals surface area contributed by atoms with Crippen molar-refractivity contribution in [1.29, 1.82) is 0 Å². The van der Waals surface area contributed by atoms with E-state index in [1.807, 2.05) is 11.9 Å². The predicted molar refractivity (Wildman–Crippen MR) is 155 cm³/mol. The quantitative estimate of drug-likeness (QED) is 0.403. The summed E-state index contributed by atoms with van der Waals surface area (Å²) in [6.45, 7) is 2.56. The molecule has 1 aromatic carbocycles. The number of benzene rings is 1. The molecule has 2 bridgehead atoms. The molecule has 4 atom stereocenters. The summed E-state index contributed by atoms with van der Waals surface area (Å²) in [5, 5.41) is 23.1. The Hall–Kier alpha value is -3.07. The van der Waals surface area contributed by atoms with Gasteiger partial charge in [-0.1, -0.05) is 51.4 Å². The largest absolute Gasteiger partial charge is 0.507 e. The Morgan fingerprint density at radius 2 is 1.75 bits per heavy atom. The second-order valence-corrected chi connectivity index (χ2v) is 11.7. The van der Waals surface area contributed by atoms with Gasteiger partial charge in [0.05, 0.1) is 23.2 Å². The molecule has 3 aromatic rings. The minimum Gasteiger partial charge on any atom is -0.507 e. The molecule has 2 fully saturated rings. The summed E-state index contributed by atoms with van der Waals surface area (Å²) in [5.74, 6) is 1.53. The molecule has 1 aliphatic carbocycles. The van der Waals surface area contributed by atoms with Gasteiger partial charge in [-0.05, 0) is 57.2 Å². The fourth-order valence-electron chi connectivity index (χ4n) is 6.40. The molecule has 0 radical (unpaired) electrons. The summed E-state index contributed by atoms with van der Waals surface area (Å²) in [7, 11) is 1.88. The molecule has 2 N–H and O–H groups in total. The van der Waals surface area contributed by atoms with E-state index in [2.05, 4.69) is 20.5 Å². The highest BCUT2D eigenvalue weighted by Gasteiger charge is 2.37. The third kappa shape index (κ3) is 6.62. The molecular weight excluding hydrogens is 509 g/mol. The SMILES string of the molecule is Cc1cc(=O)c2cc(O)c(-c3ncc(N(C)[C@@H]4C[C@@H]5CCCCCCCCCCN[C@@H](CC5)[C@@H]4F)nn3)cc2o1. The Labute approximate surface area is 235 Å². The van der Waals surface area contributed by atoms with Crippen LogP contribution in [0.5, 0.6) is 5.75 Å². The van der Waals surface area contributed by atoms with Crippen LogP contribution in [-0.2, 0) is 0 Å². The highest BCUT2D eigenvalue weighted by atomic mass is 19.1. The Morgan fingerprint density at radius 3 is 2.50 bits per heavy atom. The molecule has 216 valence electrons. The first kappa shape index (κ1) is 28.5. The normalized spacial score (nSPS) is 25.2. The number of aromatic nitrogens is 3. The number of anilines is 1. The van der Waals surface area contributed by atoms with Crippen molar-refractivity contribution in [3.63, 3.8) is 0 Å². The van der Waals surface area contributed by atoms with Gasteiger partial charge in [0, 0.05) is 19.2 Å². The minimum atomic E-state index is -1.03. The van der Waals surface area contributed by atoms with Crippen molar-refractivity contribution in [3.8, 4) is 17.1 Å². The van der Waals surface area contributed by atoms with E-state index in [9.17, 15) is 9.90 Å². The number of phenolic OH excluding ortho intramolecular Hbond substituents is 1. The van der Waals surface area contributed by atoms with Crippen LogP contribution in [0.2, 0.25) is 0 Å². The van der Waals surface area contributed by atoms with Crippen LogP contribution in [0.4, 0.5) is 10.2 Å². The molecule has 0 spiro atoms. The second kappa shape index (κ2) is 13.1. The average Bonchev–Trinajstić information content (AvgIpc) is 3.10. The van der Waals surface area contributed by atoms with E-state index >= 15 is 4.39 Å². The van der Waals surface area contributed by atoms with Crippen LogP contribution in [-0.4, -0.2) is 52.1 Å². The number of phenols is 1. The van der Waals surface area contributed by atoms with Crippen LogP contribution in [0.15, 0.2) is 33.6 Å². The predicted octanol–water partition coefficient (Wildman–Crippen LogP) is 6.08. The topological polar surface area (TPSA) is 104 Å². The Bertz CT molecular complexity index is 1330. The highest BCUT2D eigenvalue weighted by molar-refractivity contribution is 5.85. The molecular formula is C31H42FN5O3. The number of alkyl halides is 1. The van der Waals surface area contributed by atoms with Gasteiger partial charge in [-0.3, -0.25) is 4.79 Å². The smallest absolute Gasteiger partial charge is 0.193 e. The van der Waals surface area contributed by atoms with Crippen LogP contribution in [0.1, 0.15) is 82.8 Å². The van der Waals surface area contributed by atoms with E-state index in [1.54, 1.807) is 19.2 Å². The Balaban J connectivity index is 1.36. The van der Waals surface area contributed by atoms with E-state index in [-0.39, 0.29) is 34.5 Å². The zero-order valence-electron chi connectivity index (χ0n) is 23.7. The molecule has 1 aliphatic heterocycles. The number of hydrogen-bond acceptors (Lipinski definition) is 8. The van der Waals surface area contributed by atoms with E-state index in [4.69, 9.17) is 4.42 Å². The number of aromatic hydroxyl groups is 1. The minimum absolute atomic E-state index is 0.129. The van der Waals surface area contributed by atoms with E-state index in [0.29, 0.717) is 28.6 Å². The molecule has 2 aromatic heterocycles. The molecule has 8 nitrogen and oxygen atoms in total. The van der Waals surface area contributed by atoms with Crippen molar-refractivity contribution in [2.75, 3.05) is 18.5 Å². The van der Waals surface area contributed by atoms with Crippen LogP contribution in [0, 0.1) is 12.8 Å². The maximum absolute atomic E-state index is 16.2. The van der Waals surface area contributed by atoms with Gasteiger partial charge in [0.1, 0.15) is 23.3 Å². The molecule has 9 heteroatoms. The van der Waals surface area contributed by atoms with Crippen LogP contribution >= 0.6 is 0 Å². The van der Waals surface area contributed by atoms with Gasteiger partial charge in [0.25, 0.3) is 0 Å². The number of aryl methyl sites for hydroxylation is 1. The average molecular weight is 552 g/mol. The maximum Gasteiger partial charge on any atom is 0.193 e. The van der Waals surface area contributed by atoms with Crippen molar-refractivity contribution >= 4 is 16.8 Å². The van der Waals surface area contributed by atoms with Crippen molar-refractivity contribution in [2.24, 2.45) is 5.92 Å². The van der Waals surface area contributed by atoms with Gasteiger partial charge in [-0.25, -0.2) is 9.37 Å². The molecule has 3 heterocycles. The van der Waals surface area contributed by atoms with Gasteiger partial charge in [0.15, 0.2) is 17.1 Å². The first-order valence-electron chi connectivity index (χ1n) is 15.0. The molecule has 2 aliphatic rings. The lowest BCUT2D eigenvalue weighted by Gasteiger charge is -2.34. The van der Waals surface area contributed by atoms with Crippen LogP contribution in [0.25, 0.3) is 22.4 Å². The van der Waals surface area contributed by atoms with Gasteiger partial charge in [-0.15, -0.1) is 10.2 Å².